The van der Waals surface area contributed by atoms with Gasteiger partial charge < -0.3 is 9.67 Å². The molecule has 0 radical (unpaired) electrons. The maximum atomic E-state index is 12.1. The second kappa shape index (κ2) is 6.05. The molecule has 0 saturated carbocycles. The average Bonchev–Trinajstić information content (AvgIpc) is 2.80. The summed E-state index contributed by atoms with van der Waals surface area (Å²) >= 11 is 5.85. The Morgan fingerprint density at radius 3 is 2.58 bits per heavy atom. The molecule has 0 bridgehead atoms. The smallest absolute Gasteiger partial charge is 0.377 e. The van der Waals surface area contributed by atoms with Crippen molar-refractivity contribution in [3.8, 4) is 0 Å². The van der Waals surface area contributed by atoms with E-state index in [1.165, 1.54) is 0 Å². The molecular formula is C17H14ClN3O3. The molecule has 0 aliphatic heterocycles. The predicted molar refractivity (Wildman–Crippen MR) is 89.5 cm³/mol. The van der Waals surface area contributed by atoms with E-state index in [1.807, 2.05) is 6.92 Å². The number of nitrogens with zero attached hydrogens (tertiary/aromatic N) is 3. The largest absolute Gasteiger partial charge is 0.475 e. The number of hydrogen-bond donors (Lipinski definition) is 1. The number of carbonyl (C=O) groups excluding carboxylic acids is 1. The van der Waals surface area contributed by atoms with Crippen molar-refractivity contribution < 1.29 is 14.7 Å². The third-order valence-electron chi connectivity index (χ3n) is 3.83. The standard InChI is InChI=1S/C17H14ClN3O3/c1-9-5-13-14(15(22)17(23)24)10(2)21(16(13)20-6-9)8-12-4-3-11(18)7-19-12/h3-7H,8H2,1-2H3,(H,23,24). The number of aromatic nitrogens is 3. The molecule has 0 amide bonds. The fraction of sp³-hybridized carbons (Fsp3) is 0.176. The fourth-order valence-corrected chi connectivity index (χ4v) is 2.81. The number of pyridine rings is 2. The highest BCUT2D eigenvalue weighted by Crippen LogP contribution is 2.26. The lowest BCUT2D eigenvalue weighted by molar-refractivity contribution is -0.131. The first-order valence-corrected chi connectivity index (χ1v) is 7.59. The zero-order valence-corrected chi connectivity index (χ0v) is 13.8. The molecule has 0 aromatic carbocycles. The Kier molecular flexibility index (Phi) is 4.07. The van der Waals surface area contributed by atoms with E-state index in [2.05, 4.69) is 9.97 Å². The van der Waals surface area contributed by atoms with Crippen LogP contribution in [0.5, 0.6) is 0 Å². The zero-order valence-electron chi connectivity index (χ0n) is 13.1. The van der Waals surface area contributed by atoms with Crippen LogP contribution < -0.4 is 0 Å². The molecule has 0 saturated heterocycles. The molecular weight excluding hydrogens is 330 g/mol. The number of carboxylic acid groups (broad SMARTS) is 1. The molecule has 0 unspecified atom stereocenters. The van der Waals surface area contributed by atoms with E-state index in [-0.39, 0.29) is 5.56 Å². The maximum absolute atomic E-state index is 12.1. The van der Waals surface area contributed by atoms with Gasteiger partial charge in [0, 0.05) is 23.5 Å². The summed E-state index contributed by atoms with van der Waals surface area (Å²) in [6.45, 7) is 3.92. The summed E-state index contributed by atoms with van der Waals surface area (Å²) in [5, 5.41) is 10.2. The van der Waals surface area contributed by atoms with Crippen LogP contribution in [0.3, 0.4) is 0 Å². The van der Waals surface area contributed by atoms with Gasteiger partial charge in [-0.15, -0.1) is 0 Å². The molecule has 122 valence electrons. The quantitative estimate of drug-likeness (QED) is 0.581. The summed E-state index contributed by atoms with van der Waals surface area (Å²) in [7, 11) is 0. The second-order valence-corrected chi connectivity index (χ2v) is 5.97. The van der Waals surface area contributed by atoms with Gasteiger partial charge in [-0.25, -0.2) is 9.78 Å². The normalized spacial score (nSPS) is 11.0. The van der Waals surface area contributed by atoms with Crippen LogP contribution in [0, 0.1) is 13.8 Å². The lowest BCUT2D eigenvalue weighted by atomic mass is 10.1. The van der Waals surface area contributed by atoms with E-state index in [1.54, 1.807) is 42.1 Å². The van der Waals surface area contributed by atoms with Crippen LogP contribution in [0.15, 0.2) is 30.6 Å². The molecule has 3 heterocycles. The van der Waals surface area contributed by atoms with Crippen molar-refractivity contribution in [3.05, 3.63) is 58.1 Å². The summed E-state index contributed by atoms with van der Waals surface area (Å²) in [4.78, 5) is 31.9. The molecule has 7 heteroatoms. The number of ketones is 1. The van der Waals surface area contributed by atoms with E-state index in [4.69, 9.17) is 16.7 Å². The Balaban J connectivity index is 2.20. The van der Waals surface area contributed by atoms with Crippen molar-refractivity contribution in [2.75, 3.05) is 0 Å². The number of carbonyl (C=O) groups is 2. The molecule has 0 aliphatic carbocycles. The highest BCUT2D eigenvalue weighted by atomic mass is 35.5. The summed E-state index contributed by atoms with van der Waals surface area (Å²) in [6, 6.07) is 5.28. The van der Waals surface area contributed by atoms with Crippen LogP contribution in [0.25, 0.3) is 11.0 Å². The van der Waals surface area contributed by atoms with Gasteiger partial charge >= 0.3 is 5.97 Å². The first-order valence-electron chi connectivity index (χ1n) is 7.22. The Labute approximate surface area is 142 Å². The third kappa shape index (κ3) is 2.76. The second-order valence-electron chi connectivity index (χ2n) is 5.53. The molecule has 0 aliphatic rings. The van der Waals surface area contributed by atoms with Crippen molar-refractivity contribution in [2.24, 2.45) is 0 Å². The Bertz CT molecular complexity index is 961. The van der Waals surface area contributed by atoms with Gasteiger partial charge in [0.05, 0.1) is 22.8 Å². The summed E-state index contributed by atoms with van der Waals surface area (Å²) in [6.07, 6.45) is 3.22. The maximum Gasteiger partial charge on any atom is 0.377 e. The number of fused-ring (bicyclic) bond motifs is 1. The summed E-state index contributed by atoms with van der Waals surface area (Å²) in [5.74, 6) is -2.42. The molecule has 3 aromatic rings. The van der Waals surface area contributed by atoms with Gasteiger partial charge in [0.2, 0.25) is 0 Å². The first kappa shape index (κ1) is 16.1. The Hall–Kier alpha value is -2.73. The number of rotatable bonds is 4. The molecule has 3 aromatic heterocycles. The van der Waals surface area contributed by atoms with Crippen LogP contribution in [-0.2, 0) is 11.3 Å². The molecule has 24 heavy (non-hydrogen) atoms. The van der Waals surface area contributed by atoms with Gasteiger partial charge in [-0.05, 0) is 37.6 Å². The minimum Gasteiger partial charge on any atom is -0.475 e. The Morgan fingerprint density at radius 2 is 1.96 bits per heavy atom. The topological polar surface area (TPSA) is 85.1 Å². The van der Waals surface area contributed by atoms with Crippen LogP contribution in [0.4, 0.5) is 0 Å². The molecule has 0 atom stereocenters. The van der Waals surface area contributed by atoms with Crippen molar-refractivity contribution in [1.29, 1.82) is 0 Å². The van der Waals surface area contributed by atoms with E-state index >= 15 is 0 Å². The van der Waals surface area contributed by atoms with Gasteiger partial charge in [0.25, 0.3) is 5.78 Å². The van der Waals surface area contributed by atoms with Crippen LogP contribution in [0.1, 0.15) is 27.3 Å². The summed E-state index contributed by atoms with van der Waals surface area (Å²) < 4.78 is 1.79. The molecule has 0 fully saturated rings. The van der Waals surface area contributed by atoms with E-state index < -0.39 is 11.8 Å². The number of carboxylic acids is 1. The Morgan fingerprint density at radius 1 is 1.21 bits per heavy atom. The lowest BCUT2D eigenvalue weighted by Gasteiger charge is -2.07. The van der Waals surface area contributed by atoms with E-state index in [0.29, 0.717) is 28.3 Å². The minimum atomic E-state index is -1.48. The molecule has 3 rings (SSSR count). The SMILES string of the molecule is Cc1cnc2c(c1)c(C(=O)C(=O)O)c(C)n2Cc1ccc(Cl)cn1. The van der Waals surface area contributed by atoms with E-state index in [9.17, 15) is 9.59 Å². The van der Waals surface area contributed by atoms with Crippen molar-refractivity contribution in [2.45, 2.75) is 20.4 Å². The van der Waals surface area contributed by atoms with Crippen LogP contribution in [0.2, 0.25) is 5.02 Å². The monoisotopic (exact) mass is 343 g/mol. The number of halogens is 1. The molecule has 6 nitrogen and oxygen atoms in total. The van der Waals surface area contributed by atoms with Gasteiger partial charge in [0.15, 0.2) is 0 Å². The van der Waals surface area contributed by atoms with Gasteiger partial charge in [-0.2, -0.15) is 0 Å². The zero-order chi connectivity index (χ0) is 17.4. The highest BCUT2D eigenvalue weighted by Gasteiger charge is 2.25. The predicted octanol–water partition coefficient (Wildman–Crippen LogP) is 3.02. The number of aliphatic carboxylic acids is 1. The minimum absolute atomic E-state index is 0.169. The molecule has 1 N–H and O–H groups in total. The highest BCUT2D eigenvalue weighted by molar-refractivity contribution is 6.42. The van der Waals surface area contributed by atoms with Gasteiger partial charge in [0.1, 0.15) is 5.65 Å². The lowest BCUT2D eigenvalue weighted by Crippen LogP contribution is -2.14. The van der Waals surface area contributed by atoms with Crippen LogP contribution >= 0.6 is 11.6 Å². The van der Waals surface area contributed by atoms with Gasteiger partial charge in [-0.3, -0.25) is 9.78 Å². The van der Waals surface area contributed by atoms with Crippen LogP contribution in [-0.4, -0.2) is 31.4 Å². The van der Waals surface area contributed by atoms with E-state index in [0.717, 1.165) is 11.3 Å². The number of Topliss-reactive ketones (excluding diaryl/α,β-unsaturated/α-hetero) is 1. The van der Waals surface area contributed by atoms with Gasteiger partial charge in [-0.1, -0.05) is 11.6 Å². The van der Waals surface area contributed by atoms with Crippen molar-refractivity contribution in [3.63, 3.8) is 0 Å². The summed E-state index contributed by atoms with van der Waals surface area (Å²) in [5.41, 5.74) is 2.86. The molecule has 0 spiro atoms. The fourth-order valence-electron chi connectivity index (χ4n) is 2.70. The number of aryl methyl sites for hydroxylation is 1. The average molecular weight is 344 g/mol. The van der Waals surface area contributed by atoms with Crippen molar-refractivity contribution in [1.82, 2.24) is 14.5 Å². The van der Waals surface area contributed by atoms with Crippen molar-refractivity contribution >= 4 is 34.4 Å². The third-order valence-corrected chi connectivity index (χ3v) is 4.05. The number of hydrogen-bond acceptors (Lipinski definition) is 4. The first-order chi connectivity index (χ1) is 11.4.